The Morgan fingerprint density at radius 2 is 1.88 bits per heavy atom. The maximum Gasteiger partial charge on any atom is 0.150 e. The first-order chi connectivity index (χ1) is 7.22. The van der Waals surface area contributed by atoms with Crippen molar-refractivity contribution in [1.82, 2.24) is 0 Å². The minimum atomic E-state index is -2.86. The smallest absolute Gasteiger partial charge is 0.150 e. The maximum absolute atomic E-state index is 11.7. The molecule has 0 aliphatic rings. The molecule has 0 amide bonds. The van der Waals surface area contributed by atoms with Gasteiger partial charge in [0.2, 0.25) is 0 Å². The van der Waals surface area contributed by atoms with Gasteiger partial charge in [-0.15, -0.1) is 0 Å². The second-order valence-corrected chi connectivity index (χ2v) is 7.83. The molecule has 0 aliphatic carbocycles. The van der Waals surface area contributed by atoms with Crippen LogP contribution in [0.5, 0.6) is 0 Å². The molecule has 0 spiro atoms. The minimum Gasteiger partial charge on any atom is -0.330 e. The van der Waals surface area contributed by atoms with Crippen molar-refractivity contribution in [2.45, 2.75) is 47.0 Å². The van der Waals surface area contributed by atoms with E-state index in [0.717, 1.165) is 19.3 Å². The van der Waals surface area contributed by atoms with Gasteiger partial charge in [0.15, 0.2) is 9.84 Å². The van der Waals surface area contributed by atoms with E-state index in [4.69, 9.17) is 5.73 Å². The van der Waals surface area contributed by atoms with Crippen molar-refractivity contribution in [2.24, 2.45) is 17.1 Å². The molecule has 0 aromatic carbocycles. The molecule has 0 saturated carbocycles. The summed E-state index contributed by atoms with van der Waals surface area (Å²) in [6.45, 7) is 8.78. The molecule has 0 bridgehead atoms. The summed E-state index contributed by atoms with van der Waals surface area (Å²) in [6.07, 6.45) is 2.53. The first kappa shape index (κ1) is 15.9. The van der Waals surface area contributed by atoms with E-state index >= 15 is 0 Å². The van der Waals surface area contributed by atoms with Gasteiger partial charge in [0.25, 0.3) is 0 Å². The van der Waals surface area contributed by atoms with Gasteiger partial charge in [-0.25, -0.2) is 8.42 Å². The Bertz CT molecular complexity index is 283. The van der Waals surface area contributed by atoms with Crippen molar-refractivity contribution in [3.05, 3.63) is 0 Å². The van der Waals surface area contributed by atoms with Crippen molar-refractivity contribution in [3.63, 3.8) is 0 Å². The van der Waals surface area contributed by atoms with Crippen LogP contribution < -0.4 is 5.73 Å². The van der Waals surface area contributed by atoms with Crippen molar-refractivity contribution < 1.29 is 8.42 Å². The van der Waals surface area contributed by atoms with Gasteiger partial charge in [-0.2, -0.15) is 0 Å². The molecule has 0 fully saturated rings. The zero-order valence-electron chi connectivity index (χ0n) is 11.1. The Labute approximate surface area is 101 Å². The standard InChI is InChI=1S/C12H27NO2S/c1-5-11(2)9-16(14,15)8-6-7-12(3,4)10-13/h11H,5-10,13H2,1-4H3. The molecule has 2 N–H and O–H groups in total. The fourth-order valence-corrected chi connectivity index (χ4v) is 3.36. The minimum absolute atomic E-state index is 0.0614. The van der Waals surface area contributed by atoms with Gasteiger partial charge in [0.1, 0.15) is 0 Å². The lowest BCUT2D eigenvalue weighted by atomic mass is 9.88. The summed E-state index contributed by atoms with van der Waals surface area (Å²) < 4.78 is 23.5. The van der Waals surface area contributed by atoms with E-state index in [1.807, 2.05) is 13.8 Å². The van der Waals surface area contributed by atoms with E-state index in [1.54, 1.807) is 0 Å². The number of rotatable bonds is 8. The molecule has 98 valence electrons. The van der Waals surface area contributed by atoms with Gasteiger partial charge >= 0.3 is 0 Å². The summed E-state index contributed by atoms with van der Waals surface area (Å²) in [5.74, 6) is 0.903. The van der Waals surface area contributed by atoms with Crippen molar-refractivity contribution in [3.8, 4) is 0 Å². The van der Waals surface area contributed by atoms with Gasteiger partial charge < -0.3 is 5.73 Å². The van der Waals surface area contributed by atoms with Gasteiger partial charge in [-0.1, -0.05) is 34.1 Å². The van der Waals surface area contributed by atoms with Crippen LogP contribution >= 0.6 is 0 Å². The van der Waals surface area contributed by atoms with Crippen molar-refractivity contribution >= 4 is 9.84 Å². The molecule has 0 saturated heterocycles. The molecular formula is C12H27NO2S. The van der Waals surface area contributed by atoms with Crippen LogP contribution in [0.1, 0.15) is 47.0 Å². The zero-order chi connectivity index (χ0) is 12.8. The normalized spacial score (nSPS) is 15.1. The molecule has 0 aromatic heterocycles. The van der Waals surface area contributed by atoms with E-state index in [-0.39, 0.29) is 11.3 Å². The first-order valence-electron chi connectivity index (χ1n) is 6.13. The van der Waals surface area contributed by atoms with Crippen molar-refractivity contribution in [2.75, 3.05) is 18.1 Å². The van der Waals surface area contributed by atoms with E-state index in [9.17, 15) is 8.42 Å². The van der Waals surface area contributed by atoms with Crippen LogP contribution in [0.15, 0.2) is 0 Å². The molecule has 0 radical (unpaired) electrons. The monoisotopic (exact) mass is 249 g/mol. The SMILES string of the molecule is CCC(C)CS(=O)(=O)CCCC(C)(C)CN. The number of nitrogens with two attached hydrogens (primary N) is 1. The maximum atomic E-state index is 11.7. The lowest BCUT2D eigenvalue weighted by molar-refractivity contribution is 0.344. The fraction of sp³-hybridized carbons (Fsp3) is 1.00. The third-order valence-corrected chi connectivity index (χ3v) is 5.08. The van der Waals surface area contributed by atoms with Crippen LogP contribution in [0.2, 0.25) is 0 Å². The van der Waals surface area contributed by atoms with Crippen LogP contribution in [-0.4, -0.2) is 26.5 Å². The molecular weight excluding hydrogens is 222 g/mol. The second kappa shape index (κ2) is 6.60. The first-order valence-corrected chi connectivity index (χ1v) is 7.95. The molecule has 0 aliphatic heterocycles. The Morgan fingerprint density at radius 1 is 1.31 bits per heavy atom. The Balaban J connectivity index is 4.01. The molecule has 3 nitrogen and oxygen atoms in total. The summed E-state index contributed by atoms with van der Waals surface area (Å²) in [4.78, 5) is 0. The van der Waals surface area contributed by atoms with Gasteiger partial charge in [-0.05, 0) is 30.7 Å². The fourth-order valence-electron chi connectivity index (χ4n) is 1.51. The van der Waals surface area contributed by atoms with Crippen LogP contribution in [0.3, 0.4) is 0 Å². The zero-order valence-corrected chi connectivity index (χ0v) is 11.9. The average Bonchev–Trinajstić information content (AvgIpc) is 2.16. The highest BCUT2D eigenvalue weighted by Crippen LogP contribution is 2.21. The third-order valence-electron chi connectivity index (χ3n) is 3.10. The highest BCUT2D eigenvalue weighted by Gasteiger charge is 2.19. The van der Waals surface area contributed by atoms with Crippen LogP contribution in [0, 0.1) is 11.3 Å². The van der Waals surface area contributed by atoms with Gasteiger partial charge in [-0.3, -0.25) is 0 Å². The Hall–Kier alpha value is -0.0900. The largest absolute Gasteiger partial charge is 0.330 e. The van der Waals surface area contributed by atoms with E-state index in [2.05, 4.69) is 13.8 Å². The summed E-state index contributed by atoms with van der Waals surface area (Å²) >= 11 is 0. The third kappa shape index (κ3) is 7.23. The Kier molecular flexibility index (Phi) is 6.56. The second-order valence-electron chi connectivity index (χ2n) is 5.60. The molecule has 0 rings (SSSR count). The van der Waals surface area contributed by atoms with Crippen LogP contribution in [-0.2, 0) is 9.84 Å². The lowest BCUT2D eigenvalue weighted by Crippen LogP contribution is -2.25. The predicted molar refractivity (Wildman–Crippen MR) is 70.2 cm³/mol. The van der Waals surface area contributed by atoms with Gasteiger partial charge in [0.05, 0.1) is 11.5 Å². The predicted octanol–water partition coefficient (Wildman–Crippen LogP) is 2.21. The van der Waals surface area contributed by atoms with E-state index in [1.165, 1.54) is 0 Å². The van der Waals surface area contributed by atoms with Crippen molar-refractivity contribution in [1.29, 1.82) is 0 Å². The van der Waals surface area contributed by atoms with Crippen LogP contribution in [0.4, 0.5) is 0 Å². The van der Waals surface area contributed by atoms with Gasteiger partial charge in [0, 0.05) is 0 Å². The molecule has 0 heterocycles. The summed E-state index contributed by atoms with van der Waals surface area (Å²) in [5, 5.41) is 0. The molecule has 1 unspecified atom stereocenters. The Morgan fingerprint density at radius 3 is 2.31 bits per heavy atom. The number of hydrogen-bond acceptors (Lipinski definition) is 3. The highest BCUT2D eigenvalue weighted by molar-refractivity contribution is 7.91. The quantitative estimate of drug-likeness (QED) is 0.717. The molecule has 4 heteroatoms. The van der Waals surface area contributed by atoms with E-state index in [0.29, 0.717) is 18.1 Å². The summed E-state index contributed by atoms with van der Waals surface area (Å²) in [7, 11) is -2.86. The lowest BCUT2D eigenvalue weighted by Gasteiger charge is -2.22. The number of hydrogen-bond donors (Lipinski definition) is 1. The molecule has 16 heavy (non-hydrogen) atoms. The topological polar surface area (TPSA) is 60.2 Å². The highest BCUT2D eigenvalue weighted by atomic mass is 32.2. The van der Waals surface area contributed by atoms with Crippen LogP contribution in [0.25, 0.3) is 0 Å². The average molecular weight is 249 g/mol. The number of sulfone groups is 1. The summed E-state index contributed by atoms with van der Waals surface area (Å²) in [5.41, 5.74) is 5.67. The molecule has 0 aromatic rings. The summed E-state index contributed by atoms with van der Waals surface area (Å²) in [6, 6.07) is 0. The molecule has 1 atom stereocenters. The van der Waals surface area contributed by atoms with E-state index < -0.39 is 9.84 Å².